The summed E-state index contributed by atoms with van der Waals surface area (Å²) in [5.74, 6) is 0.228. The van der Waals surface area contributed by atoms with Crippen LogP contribution >= 0.6 is 0 Å². The molecular formula is C25H23FN2O3. The van der Waals surface area contributed by atoms with E-state index >= 15 is 0 Å². The van der Waals surface area contributed by atoms with Gasteiger partial charge in [0.1, 0.15) is 11.6 Å². The van der Waals surface area contributed by atoms with Crippen LogP contribution in [0.25, 0.3) is 0 Å². The lowest BCUT2D eigenvalue weighted by Crippen LogP contribution is -2.29. The Bertz CT molecular complexity index is 1060. The molecule has 2 N–H and O–H groups in total. The van der Waals surface area contributed by atoms with Crippen molar-refractivity contribution >= 4 is 17.5 Å². The van der Waals surface area contributed by atoms with Crippen LogP contribution in [0.2, 0.25) is 0 Å². The summed E-state index contributed by atoms with van der Waals surface area (Å²) in [5.41, 5.74) is 2.73. The van der Waals surface area contributed by atoms with Crippen LogP contribution in [0.5, 0.6) is 5.75 Å². The lowest BCUT2D eigenvalue weighted by molar-refractivity contribution is -0.117. The smallest absolute Gasteiger partial charge is 0.252 e. The largest absolute Gasteiger partial charge is 0.497 e. The molecule has 1 aliphatic rings. The first kappa shape index (κ1) is 20.6. The number of carbonyl (C=O) groups excluding carboxylic acids is 2. The molecule has 0 radical (unpaired) electrons. The van der Waals surface area contributed by atoms with Crippen molar-refractivity contribution in [2.75, 3.05) is 12.4 Å². The Kier molecular flexibility index (Phi) is 5.98. The lowest BCUT2D eigenvalue weighted by Gasteiger charge is -2.20. The zero-order valence-electron chi connectivity index (χ0n) is 17.1. The van der Waals surface area contributed by atoms with Crippen LogP contribution in [0.1, 0.15) is 40.4 Å². The second kappa shape index (κ2) is 9.00. The summed E-state index contributed by atoms with van der Waals surface area (Å²) >= 11 is 0. The van der Waals surface area contributed by atoms with Crippen LogP contribution in [0.15, 0.2) is 72.8 Å². The maximum absolute atomic E-state index is 13.4. The molecule has 6 heteroatoms. The Morgan fingerprint density at radius 2 is 1.48 bits per heavy atom. The number of ether oxygens (including phenoxy) is 1. The number of anilines is 1. The Morgan fingerprint density at radius 1 is 0.903 bits per heavy atom. The number of hydrogen-bond donors (Lipinski definition) is 2. The van der Waals surface area contributed by atoms with Crippen LogP contribution in [0, 0.1) is 11.7 Å². The quantitative estimate of drug-likeness (QED) is 0.584. The van der Waals surface area contributed by atoms with Gasteiger partial charge in [-0.15, -0.1) is 0 Å². The third kappa shape index (κ3) is 5.09. The van der Waals surface area contributed by atoms with Crippen molar-refractivity contribution in [1.82, 2.24) is 5.32 Å². The van der Waals surface area contributed by atoms with Gasteiger partial charge in [-0.05, 0) is 72.5 Å². The van der Waals surface area contributed by atoms with Gasteiger partial charge in [0.2, 0.25) is 5.91 Å². The average molecular weight is 418 g/mol. The van der Waals surface area contributed by atoms with E-state index in [0.717, 1.165) is 24.0 Å². The molecule has 5 nitrogen and oxygen atoms in total. The van der Waals surface area contributed by atoms with E-state index in [1.165, 1.54) is 12.1 Å². The molecule has 3 aromatic carbocycles. The van der Waals surface area contributed by atoms with Crippen molar-refractivity contribution in [1.29, 1.82) is 0 Å². The lowest BCUT2D eigenvalue weighted by atomic mass is 9.98. The highest BCUT2D eigenvalue weighted by molar-refractivity contribution is 5.97. The summed E-state index contributed by atoms with van der Waals surface area (Å²) in [6.07, 6.45) is 1.87. The third-order valence-corrected chi connectivity index (χ3v) is 5.29. The minimum atomic E-state index is -0.465. The molecule has 1 fully saturated rings. The molecule has 0 spiro atoms. The van der Waals surface area contributed by atoms with E-state index in [-0.39, 0.29) is 23.5 Å². The number of benzene rings is 3. The summed E-state index contributed by atoms with van der Waals surface area (Å²) in [7, 11) is 1.59. The predicted molar refractivity (Wildman–Crippen MR) is 116 cm³/mol. The second-order valence-corrected chi connectivity index (χ2v) is 7.57. The fourth-order valence-electron chi connectivity index (χ4n) is 3.32. The first-order valence-corrected chi connectivity index (χ1v) is 10.1. The normalized spacial score (nSPS) is 13.9. The highest BCUT2D eigenvalue weighted by Crippen LogP contribution is 2.30. The number of methoxy groups -OCH3 is 1. The van der Waals surface area contributed by atoms with Gasteiger partial charge in [-0.1, -0.05) is 24.3 Å². The van der Waals surface area contributed by atoms with Crippen LogP contribution in [0.4, 0.5) is 10.1 Å². The van der Waals surface area contributed by atoms with Crippen LogP contribution in [0.3, 0.4) is 0 Å². The van der Waals surface area contributed by atoms with Gasteiger partial charge in [0.05, 0.1) is 13.2 Å². The van der Waals surface area contributed by atoms with Gasteiger partial charge in [0, 0.05) is 17.2 Å². The van der Waals surface area contributed by atoms with Crippen molar-refractivity contribution in [2.24, 2.45) is 5.92 Å². The number of hydrogen-bond acceptors (Lipinski definition) is 3. The highest BCUT2D eigenvalue weighted by Gasteiger charge is 2.29. The molecular weight excluding hydrogens is 395 g/mol. The first-order valence-electron chi connectivity index (χ1n) is 10.1. The zero-order chi connectivity index (χ0) is 21.8. The fourth-order valence-corrected chi connectivity index (χ4v) is 3.32. The molecule has 3 aromatic rings. The number of nitrogens with one attached hydrogen (secondary N) is 2. The molecule has 31 heavy (non-hydrogen) atoms. The highest BCUT2D eigenvalue weighted by atomic mass is 19.1. The Balaban J connectivity index is 1.53. The van der Waals surface area contributed by atoms with Gasteiger partial charge in [-0.2, -0.15) is 0 Å². The molecule has 0 saturated heterocycles. The van der Waals surface area contributed by atoms with Crippen molar-refractivity contribution in [3.63, 3.8) is 0 Å². The van der Waals surface area contributed by atoms with Crippen molar-refractivity contribution in [2.45, 2.75) is 18.9 Å². The summed E-state index contributed by atoms with van der Waals surface area (Å²) in [6, 6.07) is 19.7. The van der Waals surface area contributed by atoms with E-state index in [1.807, 2.05) is 24.3 Å². The maximum atomic E-state index is 13.4. The van der Waals surface area contributed by atoms with Gasteiger partial charge >= 0.3 is 0 Å². The van der Waals surface area contributed by atoms with Crippen molar-refractivity contribution in [3.05, 3.63) is 95.3 Å². The molecule has 1 saturated carbocycles. The van der Waals surface area contributed by atoms with Crippen molar-refractivity contribution in [3.8, 4) is 5.75 Å². The van der Waals surface area contributed by atoms with E-state index in [0.29, 0.717) is 17.0 Å². The Hall–Kier alpha value is -3.67. The number of carbonyl (C=O) groups is 2. The number of halogens is 1. The van der Waals surface area contributed by atoms with E-state index in [4.69, 9.17) is 4.74 Å². The summed E-state index contributed by atoms with van der Waals surface area (Å²) in [6.45, 7) is 0. The molecule has 4 rings (SSSR count). The monoisotopic (exact) mass is 418 g/mol. The number of rotatable bonds is 7. The Morgan fingerprint density at radius 3 is 2.03 bits per heavy atom. The number of amides is 2. The van der Waals surface area contributed by atoms with E-state index < -0.39 is 6.04 Å². The van der Waals surface area contributed by atoms with Crippen LogP contribution in [-0.4, -0.2) is 18.9 Å². The van der Waals surface area contributed by atoms with E-state index in [2.05, 4.69) is 10.6 Å². The molecule has 158 valence electrons. The SMILES string of the molecule is COc1ccc(C(NC(=O)c2ccc(NC(=O)C3CC3)cc2)c2ccc(F)cc2)cc1. The Labute approximate surface area is 180 Å². The van der Waals surface area contributed by atoms with Gasteiger partial charge in [0.25, 0.3) is 5.91 Å². The standard InChI is InChI=1S/C25H23FN2O3/c1-31-22-14-8-17(9-15-22)23(16-4-10-20(26)11-5-16)28-25(30)19-6-12-21(13-7-19)27-24(29)18-2-3-18/h4-15,18,23H,2-3H2,1H3,(H,27,29)(H,28,30). The van der Waals surface area contributed by atoms with Gasteiger partial charge in [-0.25, -0.2) is 4.39 Å². The topological polar surface area (TPSA) is 67.4 Å². The molecule has 2 amide bonds. The summed E-state index contributed by atoms with van der Waals surface area (Å²) < 4.78 is 18.6. The second-order valence-electron chi connectivity index (χ2n) is 7.57. The molecule has 1 atom stereocenters. The van der Waals surface area contributed by atoms with Crippen molar-refractivity contribution < 1.29 is 18.7 Å². The molecule has 0 aromatic heterocycles. The molecule has 0 bridgehead atoms. The maximum Gasteiger partial charge on any atom is 0.252 e. The molecule has 0 aliphatic heterocycles. The first-order chi connectivity index (χ1) is 15.0. The fraction of sp³-hybridized carbons (Fsp3) is 0.200. The zero-order valence-corrected chi connectivity index (χ0v) is 17.1. The summed E-state index contributed by atoms with van der Waals surface area (Å²) in [5, 5.41) is 5.88. The van der Waals surface area contributed by atoms with Gasteiger partial charge in [-0.3, -0.25) is 9.59 Å². The molecule has 1 aliphatic carbocycles. The van der Waals surface area contributed by atoms with E-state index in [1.54, 1.807) is 43.5 Å². The third-order valence-electron chi connectivity index (χ3n) is 5.29. The average Bonchev–Trinajstić information content (AvgIpc) is 3.64. The molecule has 0 heterocycles. The van der Waals surface area contributed by atoms with E-state index in [9.17, 15) is 14.0 Å². The minimum Gasteiger partial charge on any atom is -0.497 e. The minimum absolute atomic E-state index is 0.0214. The summed E-state index contributed by atoms with van der Waals surface area (Å²) in [4.78, 5) is 24.8. The predicted octanol–water partition coefficient (Wildman–Crippen LogP) is 4.70. The van der Waals surface area contributed by atoms with Crippen LogP contribution in [-0.2, 0) is 4.79 Å². The van der Waals surface area contributed by atoms with Gasteiger partial charge in [0.15, 0.2) is 0 Å². The molecule has 1 unspecified atom stereocenters. The van der Waals surface area contributed by atoms with Gasteiger partial charge < -0.3 is 15.4 Å². The van der Waals surface area contributed by atoms with Crippen LogP contribution < -0.4 is 15.4 Å².